The lowest BCUT2D eigenvalue weighted by Crippen LogP contribution is -2.43. The normalized spacial score (nSPS) is 15.9. The van der Waals surface area contributed by atoms with Gasteiger partial charge in [0.15, 0.2) is 0 Å². The molecule has 0 aromatic heterocycles. The van der Waals surface area contributed by atoms with E-state index >= 15 is 0 Å². The Balaban J connectivity index is 2.16. The molecule has 0 spiro atoms. The molecule has 78 valence electrons. The minimum Gasteiger partial charge on any atom is -0.338 e. The van der Waals surface area contributed by atoms with Crippen LogP contribution in [0.15, 0.2) is 5.11 Å². The molecule has 0 aliphatic carbocycles. The number of carbonyl (C=O) groups is 1. The summed E-state index contributed by atoms with van der Waals surface area (Å²) in [7, 11) is 0. The van der Waals surface area contributed by atoms with Crippen LogP contribution in [0.2, 0.25) is 0 Å². The summed E-state index contributed by atoms with van der Waals surface area (Å²) in [6.45, 7) is 2.41. The molecule has 1 rings (SSSR count). The van der Waals surface area contributed by atoms with Crippen LogP contribution in [0.4, 0.5) is 4.79 Å². The largest absolute Gasteiger partial charge is 0.338 e. The van der Waals surface area contributed by atoms with Crippen molar-refractivity contribution in [2.45, 2.75) is 19.3 Å². The lowest BCUT2D eigenvalue weighted by molar-refractivity contribution is 0.187. The molecule has 6 nitrogen and oxygen atoms in total. The monoisotopic (exact) mass is 197 g/mol. The van der Waals surface area contributed by atoms with Crippen LogP contribution in [0.5, 0.6) is 0 Å². The molecule has 1 aliphatic heterocycles. The van der Waals surface area contributed by atoms with Crippen molar-refractivity contribution in [2.75, 3.05) is 26.2 Å². The van der Waals surface area contributed by atoms with Crippen LogP contribution in [-0.2, 0) is 0 Å². The predicted octanol–water partition coefficient (Wildman–Crippen LogP) is 1.49. The van der Waals surface area contributed by atoms with E-state index in [9.17, 15) is 4.79 Å². The second-order valence-electron chi connectivity index (χ2n) is 3.23. The summed E-state index contributed by atoms with van der Waals surface area (Å²) in [5.41, 5.74) is 8.02. The van der Waals surface area contributed by atoms with Gasteiger partial charge in [-0.2, -0.15) is 0 Å². The number of urea groups is 1. The highest BCUT2D eigenvalue weighted by Crippen LogP contribution is 2.07. The fourth-order valence-electron chi connectivity index (χ4n) is 1.47. The van der Waals surface area contributed by atoms with E-state index in [1.807, 2.05) is 0 Å². The van der Waals surface area contributed by atoms with Crippen LogP contribution in [0, 0.1) is 0 Å². The number of rotatable bonds is 3. The van der Waals surface area contributed by atoms with Crippen LogP contribution in [-0.4, -0.2) is 37.1 Å². The van der Waals surface area contributed by atoms with Crippen molar-refractivity contribution in [1.82, 2.24) is 10.2 Å². The smallest absolute Gasteiger partial charge is 0.317 e. The van der Waals surface area contributed by atoms with Crippen molar-refractivity contribution in [2.24, 2.45) is 5.11 Å². The third kappa shape index (κ3) is 3.53. The summed E-state index contributed by atoms with van der Waals surface area (Å²) in [5, 5.41) is 6.05. The SMILES string of the molecule is [N-]=[N+]=NCCNC(=O)N1CCCCC1. The molecular formula is C8H15N5O. The summed E-state index contributed by atoms with van der Waals surface area (Å²) in [4.78, 5) is 15.9. The molecule has 2 amide bonds. The third-order valence-electron chi connectivity index (χ3n) is 2.19. The van der Waals surface area contributed by atoms with Gasteiger partial charge >= 0.3 is 6.03 Å². The van der Waals surface area contributed by atoms with Gasteiger partial charge in [-0.15, -0.1) is 0 Å². The first-order valence-electron chi connectivity index (χ1n) is 4.88. The van der Waals surface area contributed by atoms with E-state index in [2.05, 4.69) is 15.3 Å². The van der Waals surface area contributed by atoms with Gasteiger partial charge < -0.3 is 10.2 Å². The Hall–Kier alpha value is -1.42. The number of hydrogen-bond donors (Lipinski definition) is 1. The molecular weight excluding hydrogens is 182 g/mol. The molecule has 1 N–H and O–H groups in total. The summed E-state index contributed by atoms with van der Waals surface area (Å²) < 4.78 is 0. The molecule has 1 heterocycles. The van der Waals surface area contributed by atoms with Crippen molar-refractivity contribution in [3.63, 3.8) is 0 Å². The predicted molar refractivity (Wildman–Crippen MR) is 52.8 cm³/mol. The number of amides is 2. The Morgan fingerprint density at radius 1 is 1.43 bits per heavy atom. The molecule has 6 heteroatoms. The highest BCUT2D eigenvalue weighted by Gasteiger charge is 2.14. The highest BCUT2D eigenvalue weighted by atomic mass is 16.2. The van der Waals surface area contributed by atoms with E-state index in [1.165, 1.54) is 6.42 Å². The minimum atomic E-state index is -0.0437. The summed E-state index contributed by atoms with van der Waals surface area (Å²) in [6.07, 6.45) is 3.38. The van der Waals surface area contributed by atoms with Gasteiger partial charge in [0, 0.05) is 31.1 Å². The zero-order valence-corrected chi connectivity index (χ0v) is 8.15. The van der Waals surface area contributed by atoms with Crippen LogP contribution < -0.4 is 5.32 Å². The fourth-order valence-corrected chi connectivity index (χ4v) is 1.47. The van der Waals surface area contributed by atoms with Crippen molar-refractivity contribution < 1.29 is 4.79 Å². The van der Waals surface area contributed by atoms with Crippen molar-refractivity contribution in [3.05, 3.63) is 10.4 Å². The first-order valence-corrected chi connectivity index (χ1v) is 4.88. The molecule has 0 unspecified atom stereocenters. The number of piperidine rings is 1. The van der Waals surface area contributed by atoms with Gasteiger partial charge in [0.1, 0.15) is 0 Å². The van der Waals surface area contributed by atoms with E-state index in [0.717, 1.165) is 25.9 Å². The highest BCUT2D eigenvalue weighted by molar-refractivity contribution is 5.74. The molecule has 0 radical (unpaired) electrons. The lowest BCUT2D eigenvalue weighted by atomic mass is 10.1. The third-order valence-corrected chi connectivity index (χ3v) is 2.19. The lowest BCUT2D eigenvalue weighted by Gasteiger charge is -2.26. The molecule has 0 bridgehead atoms. The van der Waals surface area contributed by atoms with Gasteiger partial charge in [-0.1, -0.05) is 5.11 Å². The zero-order chi connectivity index (χ0) is 10.2. The van der Waals surface area contributed by atoms with Crippen molar-refractivity contribution >= 4 is 6.03 Å². The van der Waals surface area contributed by atoms with Crippen LogP contribution in [0.1, 0.15) is 19.3 Å². The quantitative estimate of drug-likeness (QED) is 0.316. The van der Waals surface area contributed by atoms with Crippen molar-refractivity contribution in [1.29, 1.82) is 0 Å². The summed E-state index contributed by atoms with van der Waals surface area (Å²) >= 11 is 0. The second-order valence-corrected chi connectivity index (χ2v) is 3.23. The van der Waals surface area contributed by atoms with E-state index in [4.69, 9.17) is 5.53 Å². The van der Waals surface area contributed by atoms with Crippen molar-refractivity contribution in [3.8, 4) is 0 Å². The Labute approximate surface area is 82.9 Å². The molecule has 1 saturated heterocycles. The van der Waals surface area contributed by atoms with E-state index in [1.54, 1.807) is 4.90 Å². The van der Waals surface area contributed by atoms with Gasteiger partial charge in [-0.3, -0.25) is 0 Å². The van der Waals surface area contributed by atoms with Gasteiger partial charge in [-0.05, 0) is 24.8 Å². The maximum absolute atomic E-state index is 11.4. The number of nitrogens with one attached hydrogen (secondary N) is 1. The molecule has 1 aliphatic rings. The minimum absolute atomic E-state index is 0.0437. The van der Waals surface area contributed by atoms with Crippen LogP contribution in [0.25, 0.3) is 10.4 Å². The first kappa shape index (κ1) is 10.7. The molecule has 1 fully saturated rings. The average Bonchev–Trinajstić information content (AvgIpc) is 2.25. The Morgan fingerprint density at radius 3 is 2.79 bits per heavy atom. The van der Waals surface area contributed by atoms with Gasteiger partial charge in [-0.25, -0.2) is 4.79 Å². The van der Waals surface area contributed by atoms with E-state index in [-0.39, 0.29) is 6.03 Å². The maximum atomic E-state index is 11.4. The van der Waals surface area contributed by atoms with E-state index in [0.29, 0.717) is 13.1 Å². The number of likely N-dealkylation sites (tertiary alicyclic amines) is 1. The van der Waals surface area contributed by atoms with Gasteiger partial charge in [0.05, 0.1) is 0 Å². The Kier molecular flexibility index (Phi) is 4.64. The fraction of sp³-hybridized carbons (Fsp3) is 0.875. The number of nitrogens with zero attached hydrogens (tertiary/aromatic N) is 4. The standard InChI is InChI=1S/C8H15N5O/c9-12-11-5-4-10-8(14)13-6-2-1-3-7-13/h1-7H2,(H,10,14). The molecule has 14 heavy (non-hydrogen) atoms. The average molecular weight is 197 g/mol. The molecule has 0 aromatic carbocycles. The Bertz CT molecular complexity index is 230. The number of azide groups is 1. The first-order chi connectivity index (χ1) is 6.84. The summed E-state index contributed by atoms with van der Waals surface area (Å²) in [6, 6.07) is -0.0437. The number of carbonyl (C=O) groups excluding carboxylic acids is 1. The second kappa shape index (κ2) is 6.10. The maximum Gasteiger partial charge on any atom is 0.317 e. The molecule has 0 saturated carbocycles. The van der Waals surface area contributed by atoms with Gasteiger partial charge in [0.2, 0.25) is 0 Å². The number of hydrogen-bond acceptors (Lipinski definition) is 2. The summed E-state index contributed by atoms with van der Waals surface area (Å²) in [5.74, 6) is 0. The van der Waals surface area contributed by atoms with E-state index < -0.39 is 0 Å². The molecule has 0 aromatic rings. The van der Waals surface area contributed by atoms with Gasteiger partial charge in [0.25, 0.3) is 0 Å². The Morgan fingerprint density at radius 2 is 2.14 bits per heavy atom. The van der Waals surface area contributed by atoms with Crippen LogP contribution in [0.3, 0.4) is 0 Å². The zero-order valence-electron chi connectivity index (χ0n) is 8.15. The topological polar surface area (TPSA) is 81.1 Å². The molecule has 0 atom stereocenters. The van der Waals surface area contributed by atoms with Crippen LogP contribution >= 0.6 is 0 Å².